The number of para-hydroxylation sites is 1. The normalized spacial score (nSPS) is 10.6. The highest BCUT2D eigenvalue weighted by molar-refractivity contribution is 9.10. The van der Waals surface area contributed by atoms with Crippen molar-refractivity contribution in [2.45, 2.75) is 51.9 Å². The number of aryl methyl sites for hydroxylation is 1. The molecule has 0 saturated carbocycles. The van der Waals surface area contributed by atoms with E-state index in [4.69, 9.17) is 0 Å². The van der Waals surface area contributed by atoms with E-state index in [1.54, 1.807) is 0 Å². The molecule has 118 valence electrons. The van der Waals surface area contributed by atoms with Gasteiger partial charge < -0.3 is 5.32 Å². The van der Waals surface area contributed by atoms with Crippen molar-refractivity contribution in [1.82, 2.24) is 0 Å². The minimum absolute atomic E-state index is 1.09. The SMILES string of the molecule is CCCCCCCCc1ccc(Nc2ccccc2Br)cc1. The van der Waals surface area contributed by atoms with Crippen molar-refractivity contribution in [3.05, 3.63) is 58.6 Å². The van der Waals surface area contributed by atoms with Gasteiger partial charge in [-0.3, -0.25) is 0 Å². The Kier molecular flexibility index (Phi) is 7.51. The molecule has 1 nitrogen and oxygen atoms in total. The molecule has 1 N–H and O–H groups in total. The molecule has 0 aliphatic rings. The predicted molar refractivity (Wildman–Crippen MR) is 101 cm³/mol. The molecular formula is C20H26BrN. The summed E-state index contributed by atoms with van der Waals surface area (Å²) in [6, 6.07) is 17.0. The van der Waals surface area contributed by atoms with Gasteiger partial charge in [0.2, 0.25) is 0 Å². The van der Waals surface area contributed by atoms with E-state index in [1.165, 1.54) is 50.5 Å². The Bertz CT molecular complexity index is 548. The molecule has 0 aromatic heterocycles. The average Bonchev–Trinajstić information content (AvgIpc) is 2.54. The number of hydrogen-bond donors (Lipinski definition) is 1. The number of unbranched alkanes of at least 4 members (excludes halogenated alkanes) is 5. The van der Waals surface area contributed by atoms with Gasteiger partial charge in [0.15, 0.2) is 0 Å². The summed E-state index contributed by atoms with van der Waals surface area (Å²) in [4.78, 5) is 0. The fourth-order valence-electron chi connectivity index (χ4n) is 2.58. The lowest BCUT2D eigenvalue weighted by Crippen LogP contribution is -1.92. The summed E-state index contributed by atoms with van der Waals surface area (Å²) < 4.78 is 1.09. The molecule has 2 rings (SSSR count). The molecule has 0 heterocycles. The first-order valence-electron chi connectivity index (χ1n) is 8.40. The van der Waals surface area contributed by atoms with E-state index in [0.717, 1.165) is 15.8 Å². The molecule has 0 bridgehead atoms. The molecule has 0 aliphatic carbocycles. The fourth-order valence-corrected chi connectivity index (χ4v) is 2.97. The van der Waals surface area contributed by atoms with Crippen molar-refractivity contribution < 1.29 is 0 Å². The average molecular weight is 360 g/mol. The van der Waals surface area contributed by atoms with Gasteiger partial charge in [-0.2, -0.15) is 0 Å². The minimum Gasteiger partial charge on any atom is -0.355 e. The van der Waals surface area contributed by atoms with Gasteiger partial charge in [-0.25, -0.2) is 0 Å². The van der Waals surface area contributed by atoms with Gasteiger partial charge in [0.25, 0.3) is 0 Å². The molecule has 0 spiro atoms. The Morgan fingerprint density at radius 3 is 2.23 bits per heavy atom. The summed E-state index contributed by atoms with van der Waals surface area (Å²) in [5.41, 5.74) is 3.68. The summed E-state index contributed by atoms with van der Waals surface area (Å²) in [5, 5.41) is 3.44. The van der Waals surface area contributed by atoms with Gasteiger partial charge in [-0.05, 0) is 58.6 Å². The Balaban J connectivity index is 1.77. The van der Waals surface area contributed by atoms with Gasteiger partial charge in [0.05, 0.1) is 5.69 Å². The lowest BCUT2D eigenvalue weighted by molar-refractivity contribution is 0.607. The van der Waals surface area contributed by atoms with Crippen LogP contribution < -0.4 is 5.32 Å². The van der Waals surface area contributed by atoms with E-state index in [1.807, 2.05) is 12.1 Å². The summed E-state index contributed by atoms with van der Waals surface area (Å²) in [6.45, 7) is 2.27. The van der Waals surface area contributed by atoms with Crippen molar-refractivity contribution in [3.63, 3.8) is 0 Å². The van der Waals surface area contributed by atoms with Crippen LogP contribution in [-0.4, -0.2) is 0 Å². The van der Waals surface area contributed by atoms with Gasteiger partial charge in [0, 0.05) is 10.2 Å². The van der Waals surface area contributed by atoms with Gasteiger partial charge >= 0.3 is 0 Å². The smallest absolute Gasteiger partial charge is 0.0528 e. The molecule has 2 aromatic carbocycles. The standard InChI is InChI=1S/C20H26BrN/c1-2-3-4-5-6-7-10-17-13-15-18(16-14-17)22-20-12-9-8-11-19(20)21/h8-9,11-16,22H,2-7,10H2,1H3. The van der Waals surface area contributed by atoms with Gasteiger partial charge in [-0.15, -0.1) is 0 Å². The van der Waals surface area contributed by atoms with Crippen LogP contribution in [-0.2, 0) is 6.42 Å². The first-order chi connectivity index (χ1) is 10.8. The monoisotopic (exact) mass is 359 g/mol. The molecule has 0 aliphatic heterocycles. The third kappa shape index (κ3) is 5.84. The van der Waals surface area contributed by atoms with Crippen molar-refractivity contribution in [3.8, 4) is 0 Å². The molecule has 0 saturated heterocycles. The number of anilines is 2. The molecule has 0 radical (unpaired) electrons. The van der Waals surface area contributed by atoms with E-state index < -0.39 is 0 Å². The minimum atomic E-state index is 1.09. The molecular weight excluding hydrogens is 334 g/mol. The second-order valence-electron chi connectivity index (χ2n) is 5.82. The summed E-state index contributed by atoms with van der Waals surface area (Å²) in [7, 11) is 0. The number of benzene rings is 2. The highest BCUT2D eigenvalue weighted by Crippen LogP contribution is 2.25. The third-order valence-corrected chi connectivity index (χ3v) is 4.62. The van der Waals surface area contributed by atoms with Crippen LogP contribution in [0.1, 0.15) is 51.0 Å². The van der Waals surface area contributed by atoms with Crippen LogP contribution in [0.4, 0.5) is 11.4 Å². The second-order valence-corrected chi connectivity index (χ2v) is 6.67. The number of nitrogens with one attached hydrogen (secondary N) is 1. The molecule has 0 amide bonds. The zero-order valence-corrected chi connectivity index (χ0v) is 15.0. The predicted octanol–water partition coefficient (Wildman–Crippen LogP) is 7.10. The number of hydrogen-bond acceptors (Lipinski definition) is 1. The zero-order valence-electron chi connectivity index (χ0n) is 13.4. The number of rotatable bonds is 9. The summed E-state index contributed by atoms with van der Waals surface area (Å²) >= 11 is 3.57. The lowest BCUT2D eigenvalue weighted by atomic mass is 10.0. The lowest BCUT2D eigenvalue weighted by Gasteiger charge is -2.09. The first-order valence-corrected chi connectivity index (χ1v) is 9.19. The van der Waals surface area contributed by atoms with Crippen LogP contribution in [0.3, 0.4) is 0 Å². The highest BCUT2D eigenvalue weighted by atomic mass is 79.9. The van der Waals surface area contributed by atoms with Gasteiger partial charge in [0.1, 0.15) is 0 Å². The molecule has 22 heavy (non-hydrogen) atoms. The highest BCUT2D eigenvalue weighted by Gasteiger charge is 2.00. The van der Waals surface area contributed by atoms with Crippen LogP contribution in [0.15, 0.2) is 53.0 Å². The summed E-state index contributed by atoms with van der Waals surface area (Å²) in [6.07, 6.45) is 9.35. The Hall–Kier alpha value is -1.28. The van der Waals surface area contributed by atoms with Crippen LogP contribution in [0.25, 0.3) is 0 Å². The van der Waals surface area contributed by atoms with Crippen LogP contribution >= 0.6 is 15.9 Å². The van der Waals surface area contributed by atoms with E-state index in [2.05, 4.69) is 64.6 Å². The van der Waals surface area contributed by atoms with E-state index in [0.29, 0.717) is 0 Å². The zero-order chi connectivity index (χ0) is 15.6. The summed E-state index contributed by atoms with van der Waals surface area (Å²) in [5.74, 6) is 0. The number of halogens is 1. The van der Waals surface area contributed by atoms with Crippen molar-refractivity contribution in [1.29, 1.82) is 0 Å². The second kappa shape index (κ2) is 9.68. The fraction of sp³-hybridized carbons (Fsp3) is 0.400. The maximum Gasteiger partial charge on any atom is 0.0528 e. The van der Waals surface area contributed by atoms with Crippen molar-refractivity contribution >= 4 is 27.3 Å². The van der Waals surface area contributed by atoms with Gasteiger partial charge in [-0.1, -0.05) is 63.3 Å². The first kappa shape index (κ1) is 17.1. The molecule has 2 heteroatoms. The van der Waals surface area contributed by atoms with E-state index >= 15 is 0 Å². The van der Waals surface area contributed by atoms with Crippen molar-refractivity contribution in [2.24, 2.45) is 0 Å². The molecule has 0 fully saturated rings. The molecule has 0 atom stereocenters. The Morgan fingerprint density at radius 1 is 0.818 bits per heavy atom. The maximum atomic E-state index is 3.57. The van der Waals surface area contributed by atoms with E-state index in [-0.39, 0.29) is 0 Å². The van der Waals surface area contributed by atoms with E-state index in [9.17, 15) is 0 Å². The maximum absolute atomic E-state index is 3.57. The molecule has 2 aromatic rings. The van der Waals surface area contributed by atoms with Crippen LogP contribution in [0.2, 0.25) is 0 Å². The largest absolute Gasteiger partial charge is 0.355 e. The van der Waals surface area contributed by atoms with Crippen molar-refractivity contribution in [2.75, 3.05) is 5.32 Å². The van der Waals surface area contributed by atoms with Crippen LogP contribution in [0, 0.1) is 0 Å². The quantitative estimate of drug-likeness (QED) is 0.471. The topological polar surface area (TPSA) is 12.0 Å². The third-order valence-electron chi connectivity index (χ3n) is 3.93. The Morgan fingerprint density at radius 2 is 1.50 bits per heavy atom. The Labute approximate surface area is 143 Å². The van der Waals surface area contributed by atoms with Crippen LogP contribution in [0.5, 0.6) is 0 Å². The molecule has 0 unspecified atom stereocenters.